The van der Waals surface area contributed by atoms with Gasteiger partial charge in [-0.05, 0) is 18.6 Å². The highest BCUT2D eigenvalue weighted by Crippen LogP contribution is 2.07. The van der Waals surface area contributed by atoms with Gasteiger partial charge < -0.3 is 4.57 Å². The lowest BCUT2D eigenvalue weighted by atomic mass is 10.2. The van der Waals surface area contributed by atoms with Gasteiger partial charge in [0.1, 0.15) is 0 Å². The standard InChI is InChI=1S/C9H9NO/c11-9-6-3-5-8-4-1-2-7-10(8)9/h1,3-6H,2,7H2. The Morgan fingerprint density at radius 3 is 3.09 bits per heavy atom. The van der Waals surface area contributed by atoms with Crippen molar-refractivity contribution in [3.63, 3.8) is 0 Å². The number of pyridine rings is 1. The first-order chi connectivity index (χ1) is 5.38. The fourth-order valence-corrected chi connectivity index (χ4v) is 1.33. The highest BCUT2D eigenvalue weighted by atomic mass is 16.1. The molecule has 1 aromatic heterocycles. The molecule has 11 heavy (non-hydrogen) atoms. The number of rotatable bonds is 0. The van der Waals surface area contributed by atoms with Gasteiger partial charge in [-0.2, -0.15) is 0 Å². The van der Waals surface area contributed by atoms with Crippen LogP contribution in [0.15, 0.2) is 29.1 Å². The number of aromatic nitrogens is 1. The molecule has 2 heterocycles. The molecule has 1 aliphatic rings. The van der Waals surface area contributed by atoms with Crippen LogP contribution in [0.5, 0.6) is 0 Å². The van der Waals surface area contributed by atoms with Gasteiger partial charge in [-0.25, -0.2) is 0 Å². The zero-order valence-corrected chi connectivity index (χ0v) is 6.16. The maximum Gasteiger partial charge on any atom is 0.250 e. The Kier molecular flexibility index (Phi) is 1.39. The summed E-state index contributed by atoms with van der Waals surface area (Å²) in [7, 11) is 0. The highest BCUT2D eigenvalue weighted by molar-refractivity contribution is 5.46. The summed E-state index contributed by atoms with van der Waals surface area (Å²) in [6, 6.07) is 5.35. The Balaban J connectivity index is 2.69. The molecule has 1 aromatic rings. The summed E-state index contributed by atoms with van der Waals surface area (Å²) in [6.07, 6.45) is 5.05. The first-order valence-electron chi connectivity index (χ1n) is 3.74. The molecule has 2 nitrogen and oxygen atoms in total. The van der Waals surface area contributed by atoms with Crippen molar-refractivity contribution in [3.8, 4) is 0 Å². The lowest BCUT2D eigenvalue weighted by Crippen LogP contribution is -2.22. The fourth-order valence-electron chi connectivity index (χ4n) is 1.33. The molecule has 2 heteroatoms. The zero-order valence-electron chi connectivity index (χ0n) is 6.16. The lowest BCUT2D eigenvalue weighted by molar-refractivity contribution is 0.663. The van der Waals surface area contributed by atoms with E-state index in [1.165, 1.54) is 0 Å². The second kappa shape index (κ2) is 2.38. The minimum atomic E-state index is 0.104. The van der Waals surface area contributed by atoms with Crippen molar-refractivity contribution in [1.29, 1.82) is 0 Å². The third kappa shape index (κ3) is 1.00. The Morgan fingerprint density at radius 1 is 1.36 bits per heavy atom. The van der Waals surface area contributed by atoms with Crippen molar-refractivity contribution in [3.05, 3.63) is 40.3 Å². The van der Waals surface area contributed by atoms with Gasteiger partial charge in [-0.15, -0.1) is 0 Å². The van der Waals surface area contributed by atoms with Crippen LogP contribution in [0, 0.1) is 0 Å². The van der Waals surface area contributed by atoms with Crippen molar-refractivity contribution >= 4 is 6.08 Å². The molecule has 0 amide bonds. The molecule has 0 unspecified atom stereocenters. The van der Waals surface area contributed by atoms with Crippen molar-refractivity contribution in [1.82, 2.24) is 4.57 Å². The van der Waals surface area contributed by atoms with Crippen molar-refractivity contribution in [2.24, 2.45) is 0 Å². The van der Waals surface area contributed by atoms with E-state index in [9.17, 15) is 4.79 Å². The number of nitrogens with zero attached hydrogens (tertiary/aromatic N) is 1. The van der Waals surface area contributed by atoms with E-state index in [4.69, 9.17) is 0 Å². The van der Waals surface area contributed by atoms with Gasteiger partial charge in [-0.1, -0.05) is 12.1 Å². The number of fused-ring (bicyclic) bond motifs is 1. The van der Waals surface area contributed by atoms with E-state index < -0.39 is 0 Å². The van der Waals surface area contributed by atoms with Crippen LogP contribution in [0.3, 0.4) is 0 Å². The second-order valence-electron chi connectivity index (χ2n) is 2.63. The summed E-state index contributed by atoms with van der Waals surface area (Å²) in [5.74, 6) is 0. The fraction of sp³-hybridized carbons (Fsp3) is 0.222. The van der Waals surface area contributed by atoms with Crippen LogP contribution in [0.2, 0.25) is 0 Å². The van der Waals surface area contributed by atoms with Crippen LogP contribution in [0.1, 0.15) is 12.1 Å². The predicted octanol–water partition coefficient (Wildman–Crippen LogP) is 1.27. The average molecular weight is 147 g/mol. The second-order valence-corrected chi connectivity index (χ2v) is 2.63. The molecule has 0 saturated heterocycles. The van der Waals surface area contributed by atoms with E-state index in [-0.39, 0.29) is 5.56 Å². The minimum Gasteiger partial charge on any atom is -0.309 e. The van der Waals surface area contributed by atoms with Crippen LogP contribution in [0.4, 0.5) is 0 Å². The maximum atomic E-state index is 11.2. The van der Waals surface area contributed by atoms with Gasteiger partial charge in [0.05, 0.1) is 0 Å². The molecule has 0 aliphatic carbocycles. The summed E-state index contributed by atoms with van der Waals surface area (Å²) < 4.78 is 1.79. The third-order valence-corrected chi connectivity index (χ3v) is 1.89. The first-order valence-corrected chi connectivity index (χ1v) is 3.74. The van der Waals surface area contributed by atoms with Gasteiger partial charge in [0, 0.05) is 18.3 Å². The monoisotopic (exact) mass is 147 g/mol. The predicted molar refractivity (Wildman–Crippen MR) is 44.4 cm³/mol. The zero-order chi connectivity index (χ0) is 7.68. The SMILES string of the molecule is O=c1cccc2n1CCC=C2. The molecule has 0 N–H and O–H groups in total. The van der Waals surface area contributed by atoms with Gasteiger partial charge in [0.2, 0.25) is 0 Å². The van der Waals surface area contributed by atoms with Gasteiger partial charge in [-0.3, -0.25) is 4.79 Å². The summed E-state index contributed by atoms with van der Waals surface area (Å²) >= 11 is 0. The summed E-state index contributed by atoms with van der Waals surface area (Å²) in [5.41, 5.74) is 1.12. The van der Waals surface area contributed by atoms with Crippen molar-refractivity contribution in [2.75, 3.05) is 0 Å². The Hall–Kier alpha value is -1.31. The molecule has 0 atom stereocenters. The summed E-state index contributed by atoms with van der Waals surface area (Å²) in [4.78, 5) is 11.2. The molecule has 0 fully saturated rings. The molecular weight excluding hydrogens is 138 g/mol. The Bertz CT molecular complexity index is 349. The van der Waals surface area contributed by atoms with Crippen molar-refractivity contribution < 1.29 is 0 Å². The van der Waals surface area contributed by atoms with Gasteiger partial charge in [0.15, 0.2) is 0 Å². The van der Waals surface area contributed by atoms with Gasteiger partial charge >= 0.3 is 0 Å². The van der Waals surface area contributed by atoms with Crippen LogP contribution in [-0.4, -0.2) is 4.57 Å². The molecule has 0 radical (unpaired) electrons. The minimum absolute atomic E-state index is 0.104. The third-order valence-electron chi connectivity index (χ3n) is 1.89. The molecule has 0 saturated carbocycles. The van der Waals surface area contributed by atoms with Crippen LogP contribution >= 0.6 is 0 Å². The number of allylic oxidation sites excluding steroid dienone is 1. The smallest absolute Gasteiger partial charge is 0.250 e. The number of hydrogen-bond donors (Lipinski definition) is 0. The number of hydrogen-bond acceptors (Lipinski definition) is 1. The molecule has 0 aromatic carbocycles. The summed E-state index contributed by atoms with van der Waals surface area (Å²) in [5, 5.41) is 0. The Morgan fingerprint density at radius 2 is 2.27 bits per heavy atom. The van der Waals surface area contributed by atoms with E-state index in [1.807, 2.05) is 12.1 Å². The first kappa shape index (κ1) is 6.40. The quantitative estimate of drug-likeness (QED) is 0.541. The topological polar surface area (TPSA) is 22.0 Å². The van der Waals surface area contributed by atoms with Crippen LogP contribution in [0.25, 0.3) is 6.08 Å². The van der Waals surface area contributed by atoms with Crippen molar-refractivity contribution in [2.45, 2.75) is 13.0 Å². The molecule has 2 rings (SSSR count). The Labute approximate surface area is 64.8 Å². The summed E-state index contributed by atoms with van der Waals surface area (Å²) in [6.45, 7) is 0.825. The van der Waals surface area contributed by atoms with E-state index in [0.29, 0.717) is 0 Å². The normalized spacial score (nSPS) is 14.5. The largest absolute Gasteiger partial charge is 0.309 e. The highest BCUT2D eigenvalue weighted by Gasteiger charge is 2.02. The van der Waals surface area contributed by atoms with E-state index >= 15 is 0 Å². The van der Waals surface area contributed by atoms with Gasteiger partial charge in [0.25, 0.3) is 5.56 Å². The van der Waals surface area contributed by atoms with E-state index in [0.717, 1.165) is 18.7 Å². The molecule has 0 spiro atoms. The van der Waals surface area contributed by atoms with Crippen LogP contribution < -0.4 is 5.56 Å². The lowest BCUT2D eigenvalue weighted by Gasteiger charge is -2.11. The molecular formula is C9H9NO. The molecule has 56 valence electrons. The average Bonchev–Trinajstić information content (AvgIpc) is 2.06. The molecule has 1 aliphatic heterocycles. The molecule has 0 bridgehead atoms. The maximum absolute atomic E-state index is 11.2. The van der Waals surface area contributed by atoms with E-state index in [1.54, 1.807) is 16.7 Å². The van der Waals surface area contributed by atoms with E-state index in [2.05, 4.69) is 6.08 Å². The van der Waals surface area contributed by atoms with Crippen LogP contribution in [-0.2, 0) is 6.54 Å².